The van der Waals surface area contributed by atoms with E-state index < -0.39 is 42.8 Å². The van der Waals surface area contributed by atoms with Gasteiger partial charge in [0.05, 0.1) is 53.7 Å². The lowest BCUT2D eigenvalue weighted by atomic mass is 9.94. The number of anilines is 2. The highest BCUT2D eigenvalue weighted by atomic mass is 19.1. The Morgan fingerprint density at radius 2 is 0.953 bits per heavy atom. The Morgan fingerprint density at radius 3 is 1.33 bits per heavy atom. The van der Waals surface area contributed by atoms with Gasteiger partial charge in [0.2, 0.25) is 0 Å². The van der Waals surface area contributed by atoms with Crippen molar-refractivity contribution in [3.63, 3.8) is 0 Å². The normalized spacial score (nSPS) is 14.2. The van der Waals surface area contributed by atoms with Gasteiger partial charge in [0.25, 0.3) is 11.8 Å². The third kappa shape index (κ3) is 17.8. The quantitative estimate of drug-likeness (QED) is 0.0403. The highest BCUT2D eigenvalue weighted by Gasteiger charge is 2.34. The Morgan fingerprint density at radius 1 is 0.570 bits per heavy atom. The van der Waals surface area contributed by atoms with Gasteiger partial charge in [-0.1, -0.05) is 160 Å². The fourth-order valence-corrected chi connectivity index (χ4v) is 10.7. The molecule has 1 aliphatic heterocycles. The second-order valence-corrected chi connectivity index (χ2v) is 20.9. The number of carbonyl (C=O) groups is 4. The van der Waals surface area contributed by atoms with Crippen LogP contribution in [0, 0.1) is 11.6 Å². The van der Waals surface area contributed by atoms with Gasteiger partial charge in [-0.25, -0.2) is 8.78 Å². The van der Waals surface area contributed by atoms with E-state index in [0.717, 1.165) is 39.3 Å². The maximum Gasteiger partial charge on any atom is 0.308 e. The summed E-state index contributed by atoms with van der Waals surface area (Å²) in [5.74, 6) is -2.98. The number of esters is 1. The van der Waals surface area contributed by atoms with Gasteiger partial charge in [-0.15, -0.1) is 0 Å². The molecule has 0 spiro atoms. The number of aliphatic hydroxyl groups is 3. The van der Waals surface area contributed by atoms with Crippen molar-refractivity contribution in [3.05, 3.63) is 204 Å². The molecule has 456 valence electrons. The van der Waals surface area contributed by atoms with E-state index in [1.807, 2.05) is 181 Å². The summed E-state index contributed by atoms with van der Waals surface area (Å²) in [6.07, 6.45) is -2.86. The van der Waals surface area contributed by atoms with Crippen LogP contribution in [0.5, 0.6) is 0 Å². The number of aliphatic hydroxyl groups excluding tert-OH is 3. The van der Waals surface area contributed by atoms with Gasteiger partial charge in [-0.05, 0) is 120 Å². The zero-order valence-electron chi connectivity index (χ0n) is 49.8. The van der Waals surface area contributed by atoms with E-state index in [0.29, 0.717) is 58.7 Å². The molecule has 1 saturated heterocycles. The predicted octanol–water partition coefficient (Wildman–Crippen LogP) is 15.8. The molecule has 4 atom stereocenters. The van der Waals surface area contributed by atoms with Crippen LogP contribution in [-0.4, -0.2) is 77.7 Å². The van der Waals surface area contributed by atoms with Crippen LogP contribution in [0.2, 0.25) is 0 Å². The summed E-state index contributed by atoms with van der Waals surface area (Å²) >= 11 is 0. The lowest BCUT2D eigenvalue weighted by molar-refractivity contribution is -0.160. The zero-order valence-corrected chi connectivity index (χ0v) is 49.8. The van der Waals surface area contributed by atoms with Gasteiger partial charge in [0.1, 0.15) is 17.7 Å². The van der Waals surface area contributed by atoms with Crippen LogP contribution in [0.3, 0.4) is 0 Å². The summed E-state index contributed by atoms with van der Waals surface area (Å²) in [5.41, 5.74) is 10.00. The highest BCUT2D eigenvalue weighted by molar-refractivity contribution is 6.13. The number of carboxylic acids is 1. The number of aromatic nitrogens is 2. The number of ether oxygens (including phenoxy) is 1. The molecule has 86 heavy (non-hydrogen) atoms. The number of amides is 2. The van der Waals surface area contributed by atoms with Crippen LogP contribution in [-0.2, 0) is 27.4 Å². The van der Waals surface area contributed by atoms with Crippen LogP contribution in [0.4, 0.5) is 20.2 Å². The molecule has 3 heterocycles. The molecule has 13 nitrogen and oxygen atoms in total. The first-order valence-corrected chi connectivity index (χ1v) is 29.3. The van der Waals surface area contributed by atoms with E-state index in [1.54, 1.807) is 24.3 Å². The van der Waals surface area contributed by atoms with E-state index in [9.17, 15) is 43.3 Å². The SMILES string of the molecule is C.CC.CC.CC(C)c1c(C(=O)Nc2ccccc2)c(-c2ccccc2)c(-c2ccc(F)cc2)n1CCC1C[C@@H](O)CC(=O)O1.CC(C)c1c(C(=O)Nc2ccccc2)c(-c2ccccc2)c(-c2ccc(F)cc2)n1CC[C@@H](O)C[C@@H](O)CC(=O)O. The van der Waals surface area contributed by atoms with Crippen molar-refractivity contribution in [3.8, 4) is 44.8 Å². The molecule has 1 unspecified atom stereocenters. The molecular formula is C71H84F2N4O9. The maximum atomic E-state index is 14.1. The molecule has 8 aromatic rings. The van der Waals surface area contributed by atoms with Crippen LogP contribution >= 0.6 is 0 Å². The first-order chi connectivity index (χ1) is 41.0. The molecule has 2 amide bonds. The van der Waals surface area contributed by atoms with Crippen LogP contribution in [0.25, 0.3) is 44.8 Å². The van der Waals surface area contributed by atoms with Crippen molar-refractivity contribution in [2.75, 3.05) is 10.6 Å². The van der Waals surface area contributed by atoms with Gasteiger partial charge < -0.3 is 44.9 Å². The fourth-order valence-electron chi connectivity index (χ4n) is 10.7. The number of para-hydroxylation sites is 2. The number of nitrogens with one attached hydrogen (secondary N) is 2. The highest BCUT2D eigenvalue weighted by Crippen LogP contribution is 2.45. The van der Waals surface area contributed by atoms with Crippen LogP contribution in [0.15, 0.2) is 170 Å². The molecule has 15 heteroatoms. The molecule has 1 fully saturated rings. The van der Waals surface area contributed by atoms with Crippen molar-refractivity contribution in [2.24, 2.45) is 0 Å². The number of halogens is 2. The number of carbonyl (C=O) groups excluding carboxylic acids is 3. The van der Waals surface area contributed by atoms with Gasteiger partial charge in [0, 0.05) is 59.8 Å². The van der Waals surface area contributed by atoms with Crippen LogP contribution < -0.4 is 10.6 Å². The zero-order chi connectivity index (χ0) is 61.7. The predicted molar refractivity (Wildman–Crippen MR) is 340 cm³/mol. The Bertz CT molecular complexity index is 3400. The van der Waals surface area contributed by atoms with Crippen molar-refractivity contribution in [2.45, 2.75) is 151 Å². The number of cyclic esters (lactones) is 1. The number of carboxylic acid groups (broad SMARTS) is 1. The van der Waals surface area contributed by atoms with Gasteiger partial charge >= 0.3 is 11.9 Å². The number of hydrogen-bond acceptors (Lipinski definition) is 8. The third-order valence-electron chi connectivity index (χ3n) is 14.1. The molecule has 1 aliphatic rings. The molecule has 0 radical (unpaired) electrons. The maximum absolute atomic E-state index is 14.1. The summed E-state index contributed by atoms with van der Waals surface area (Å²) in [6, 6.07) is 50.1. The monoisotopic (exact) mass is 1170 g/mol. The lowest BCUT2D eigenvalue weighted by Gasteiger charge is -2.27. The number of aliphatic carboxylic acids is 1. The van der Waals surface area contributed by atoms with E-state index in [4.69, 9.17) is 9.84 Å². The standard InChI is InChI=1S/C33H35FN2O5.C33H33FN2O4.2C2H6.CH4/c1-21(2)31-30(33(41)35-25-11-7-4-8-12-25)29(22-9-5-3-6-10-22)32(23-13-15-24(34)16-14-23)36(31)18-17-26(37)19-27(38)20-28(39)40;1-21(2)31-30(33(39)35-25-11-7-4-8-12-25)29(22-9-5-3-6-10-22)32(23-13-15-24(34)16-14-23)36(31)18-17-27-19-26(37)20-28(38)40-27;2*1-2;/h3-16,21,26-27,37-38H,17-20H2,1-2H3,(H,35,41)(H,39,40);3-16,21,26-27,37H,17-20H2,1-2H3,(H,35,39);2*1-2H3;1H4/t26-,27-;26-,27?;;;/m11.../s1. The Labute approximate surface area is 505 Å². The minimum atomic E-state index is -1.18. The van der Waals surface area contributed by atoms with Crippen molar-refractivity contribution in [1.29, 1.82) is 0 Å². The van der Waals surface area contributed by atoms with E-state index >= 15 is 0 Å². The summed E-state index contributed by atoms with van der Waals surface area (Å²) in [7, 11) is 0. The molecule has 0 aliphatic carbocycles. The van der Waals surface area contributed by atoms with Crippen molar-refractivity contribution in [1.82, 2.24) is 9.13 Å². The van der Waals surface area contributed by atoms with E-state index in [2.05, 4.69) is 15.2 Å². The number of rotatable bonds is 20. The largest absolute Gasteiger partial charge is 0.481 e. The van der Waals surface area contributed by atoms with Gasteiger partial charge in [-0.3, -0.25) is 19.2 Å². The van der Waals surface area contributed by atoms with E-state index in [-0.39, 0.29) is 68.5 Å². The van der Waals surface area contributed by atoms with Gasteiger partial charge in [-0.2, -0.15) is 0 Å². The summed E-state index contributed by atoms with van der Waals surface area (Å²) < 4.78 is 37.7. The first kappa shape index (κ1) is 68.3. The molecule has 6 N–H and O–H groups in total. The average molecular weight is 1180 g/mol. The number of nitrogens with zero attached hydrogens (tertiary/aromatic N) is 2. The summed E-state index contributed by atoms with van der Waals surface area (Å²) in [5, 5.41) is 46.0. The number of benzene rings is 6. The molecular weight excluding hydrogens is 1090 g/mol. The summed E-state index contributed by atoms with van der Waals surface area (Å²) in [4.78, 5) is 51.1. The molecule has 0 saturated carbocycles. The first-order valence-electron chi connectivity index (χ1n) is 29.3. The second kappa shape index (κ2) is 33.3. The minimum Gasteiger partial charge on any atom is -0.481 e. The molecule has 2 aromatic heterocycles. The molecule has 0 bridgehead atoms. The van der Waals surface area contributed by atoms with Crippen molar-refractivity contribution >= 4 is 35.1 Å². The summed E-state index contributed by atoms with van der Waals surface area (Å²) in [6.45, 7) is 16.8. The third-order valence-corrected chi connectivity index (χ3v) is 14.1. The van der Waals surface area contributed by atoms with Crippen molar-refractivity contribution < 1.29 is 53.1 Å². The number of hydrogen-bond donors (Lipinski definition) is 6. The average Bonchev–Trinajstić information content (AvgIpc) is 1.85. The molecule has 6 aromatic carbocycles. The van der Waals surface area contributed by atoms with Crippen LogP contribution in [0.1, 0.15) is 145 Å². The minimum absolute atomic E-state index is 0. The fraction of sp³-hybridized carbons (Fsp3) is 0.324. The van der Waals surface area contributed by atoms with Gasteiger partial charge in [0.15, 0.2) is 0 Å². The topological polar surface area (TPSA) is 192 Å². The molecule has 9 rings (SSSR count). The van der Waals surface area contributed by atoms with E-state index in [1.165, 1.54) is 24.3 Å². The Balaban J connectivity index is 0.000000294. The lowest BCUT2D eigenvalue weighted by Crippen LogP contribution is -2.33. The Hall–Kier alpha value is -8.50. The second-order valence-electron chi connectivity index (χ2n) is 20.9. The smallest absolute Gasteiger partial charge is 0.308 e. The Kier molecular flexibility index (Phi) is 26.4.